The summed E-state index contributed by atoms with van der Waals surface area (Å²) >= 11 is 0. The molecule has 0 unspecified atom stereocenters. The van der Waals surface area contributed by atoms with Crippen molar-refractivity contribution < 1.29 is 19.9 Å². The van der Waals surface area contributed by atoms with Crippen molar-refractivity contribution in [1.82, 2.24) is 19.7 Å². The van der Waals surface area contributed by atoms with Gasteiger partial charge in [-0.25, -0.2) is 4.79 Å². The molecule has 3 heterocycles. The molecule has 12 nitrogen and oxygen atoms in total. The Balaban J connectivity index is 1.99. The zero-order chi connectivity index (χ0) is 28.7. The molecule has 4 rings (SSSR count). The molecule has 2 aromatic rings. The smallest absolute Gasteiger partial charge is 0.328 e. The van der Waals surface area contributed by atoms with E-state index in [0.29, 0.717) is 30.7 Å². The first-order valence-corrected chi connectivity index (χ1v) is 12.3. The quantitative estimate of drug-likeness (QED) is 0.474. The summed E-state index contributed by atoms with van der Waals surface area (Å²) in [7, 11) is 0. The molecule has 0 amide bonds. The van der Waals surface area contributed by atoms with Gasteiger partial charge in [-0.05, 0) is 86.1 Å². The van der Waals surface area contributed by atoms with Gasteiger partial charge in [-0.3, -0.25) is 23.8 Å². The summed E-state index contributed by atoms with van der Waals surface area (Å²) in [6.07, 6.45) is 1.40. The van der Waals surface area contributed by atoms with E-state index in [4.69, 9.17) is 0 Å². The minimum Gasteiger partial charge on any atom is -0.714 e. The predicted molar refractivity (Wildman–Crippen MR) is 138 cm³/mol. The fourth-order valence-electron chi connectivity index (χ4n) is 4.66. The van der Waals surface area contributed by atoms with Crippen molar-refractivity contribution in [3.8, 4) is 0 Å². The van der Waals surface area contributed by atoms with Crippen LogP contribution in [0.3, 0.4) is 0 Å². The molecule has 2 aliphatic rings. The minimum atomic E-state index is -1.09. The summed E-state index contributed by atoms with van der Waals surface area (Å²) in [5, 5.41) is 55.0. The van der Waals surface area contributed by atoms with Crippen LogP contribution in [-0.2, 0) is 17.0 Å². The van der Waals surface area contributed by atoms with Crippen molar-refractivity contribution >= 4 is 11.7 Å². The molecule has 2 radical (unpaired) electrons. The van der Waals surface area contributed by atoms with Crippen LogP contribution >= 0.6 is 0 Å². The summed E-state index contributed by atoms with van der Waals surface area (Å²) in [5.74, 6) is -0.333. The van der Waals surface area contributed by atoms with Crippen LogP contribution in [0, 0.1) is 17.3 Å². The SMILES string of the molecule is Cc1cn(Cc2cc(C3=[N+]([O-])C(C)(C)C(C)(C)N3[O])cc(C3=[N+]([O-])C(C)(C)C(C)(C)N3[O])c2)c(=O)[nH]c1=O. The Kier molecular flexibility index (Phi) is 5.90. The fourth-order valence-corrected chi connectivity index (χ4v) is 4.66. The standard InChI is InChI=1S/C26H34N6O6/c1-15-13-28(22(34)27-19(15)33)14-16-10-17(20-29(35)23(2,3)24(4,5)30(20)36)12-18(11-16)21-31(37)25(6,7)26(8,9)32(21)38/h10-13H,14H2,1-9H3,(H,27,33,34). The third-order valence-electron chi connectivity index (χ3n) is 8.85. The van der Waals surface area contributed by atoms with Crippen LogP contribution in [0.25, 0.3) is 0 Å². The lowest BCUT2D eigenvalue weighted by atomic mass is 9.84. The predicted octanol–water partition coefficient (Wildman–Crippen LogP) is 1.84. The zero-order valence-electron chi connectivity index (χ0n) is 23.2. The van der Waals surface area contributed by atoms with Crippen LogP contribution in [0.2, 0.25) is 0 Å². The Bertz CT molecular complexity index is 1440. The zero-order valence-corrected chi connectivity index (χ0v) is 23.2. The van der Waals surface area contributed by atoms with E-state index in [0.717, 1.165) is 0 Å². The summed E-state index contributed by atoms with van der Waals surface area (Å²) < 4.78 is 2.57. The van der Waals surface area contributed by atoms with Gasteiger partial charge in [0.1, 0.15) is 11.1 Å². The molecule has 1 aromatic heterocycles. The highest BCUT2D eigenvalue weighted by molar-refractivity contribution is 6.01. The normalized spacial score (nSPS) is 21.6. The maximum atomic E-state index is 13.4. The number of H-pyrrole nitrogens is 1. The maximum absolute atomic E-state index is 13.4. The Morgan fingerprint density at radius 3 is 1.58 bits per heavy atom. The monoisotopic (exact) mass is 526 g/mol. The van der Waals surface area contributed by atoms with Crippen LogP contribution in [0.15, 0.2) is 34.0 Å². The Morgan fingerprint density at radius 1 is 0.789 bits per heavy atom. The highest BCUT2D eigenvalue weighted by Crippen LogP contribution is 2.39. The Morgan fingerprint density at radius 2 is 1.21 bits per heavy atom. The number of nitrogens with zero attached hydrogens (tertiary/aromatic N) is 5. The number of amidine groups is 2. The van der Waals surface area contributed by atoms with Gasteiger partial charge in [0, 0.05) is 22.2 Å². The molecular formula is C26H34N6O6. The summed E-state index contributed by atoms with van der Waals surface area (Å²) in [6, 6.07) is 4.64. The second kappa shape index (κ2) is 8.18. The summed E-state index contributed by atoms with van der Waals surface area (Å²) in [4.78, 5) is 26.6. The van der Waals surface area contributed by atoms with Gasteiger partial charge in [0.25, 0.3) is 5.56 Å². The molecule has 1 N–H and O–H groups in total. The first kappa shape index (κ1) is 27.4. The lowest BCUT2D eigenvalue weighted by Gasteiger charge is -2.32. The first-order valence-electron chi connectivity index (χ1n) is 12.3. The van der Waals surface area contributed by atoms with Gasteiger partial charge in [-0.2, -0.15) is 0 Å². The van der Waals surface area contributed by atoms with E-state index in [1.54, 1.807) is 74.4 Å². The van der Waals surface area contributed by atoms with E-state index in [1.165, 1.54) is 16.8 Å². The molecular weight excluding hydrogens is 492 g/mol. The molecule has 0 fully saturated rings. The van der Waals surface area contributed by atoms with E-state index < -0.39 is 33.4 Å². The molecule has 0 atom stereocenters. The Hall–Kier alpha value is -3.64. The molecule has 0 spiro atoms. The van der Waals surface area contributed by atoms with Crippen molar-refractivity contribution in [2.45, 2.75) is 91.0 Å². The molecule has 0 saturated carbocycles. The van der Waals surface area contributed by atoms with Gasteiger partial charge in [0.2, 0.25) is 0 Å². The number of aryl methyl sites for hydroxylation is 1. The second-order valence-corrected chi connectivity index (χ2v) is 12.2. The molecule has 0 bridgehead atoms. The van der Waals surface area contributed by atoms with Crippen LogP contribution < -0.4 is 11.2 Å². The van der Waals surface area contributed by atoms with Gasteiger partial charge in [-0.15, -0.1) is 0 Å². The number of hydrogen-bond acceptors (Lipinski definition) is 6. The highest BCUT2D eigenvalue weighted by atomic mass is 16.5. The van der Waals surface area contributed by atoms with Gasteiger partial charge < -0.3 is 10.4 Å². The van der Waals surface area contributed by atoms with Crippen LogP contribution in [0.4, 0.5) is 0 Å². The van der Waals surface area contributed by atoms with Crippen molar-refractivity contribution in [3.05, 3.63) is 77.9 Å². The number of hydroxylamine groups is 6. The van der Waals surface area contributed by atoms with E-state index in [-0.39, 0.29) is 29.3 Å². The minimum absolute atomic E-state index is 0.0488. The number of nitrogens with one attached hydrogen (secondary N) is 1. The van der Waals surface area contributed by atoms with E-state index in [2.05, 4.69) is 4.98 Å². The topological polar surface area (TPSA) is 153 Å². The molecule has 204 valence electrons. The van der Waals surface area contributed by atoms with Crippen molar-refractivity contribution in [1.29, 1.82) is 0 Å². The van der Waals surface area contributed by atoms with Crippen molar-refractivity contribution in [2.75, 3.05) is 0 Å². The summed E-state index contributed by atoms with van der Waals surface area (Å²) in [6.45, 7) is 14.8. The molecule has 2 aliphatic heterocycles. The molecule has 38 heavy (non-hydrogen) atoms. The number of rotatable bonds is 4. The third-order valence-corrected chi connectivity index (χ3v) is 8.85. The van der Waals surface area contributed by atoms with Gasteiger partial charge in [0.05, 0.1) is 17.7 Å². The number of aromatic amines is 1. The molecule has 1 aromatic carbocycles. The van der Waals surface area contributed by atoms with Crippen molar-refractivity contribution in [2.24, 2.45) is 0 Å². The summed E-state index contributed by atoms with van der Waals surface area (Å²) in [5.41, 5.74) is -4.36. The van der Waals surface area contributed by atoms with Crippen LogP contribution in [0.5, 0.6) is 0 Å². The Labute approximate surface area is 220 Å². The molecule has 12 heteroatoms. The van der Waals surface area contributed by atoms with Gasteiger partial charge in [-0.1, -0.05) is 10.1 Å². The van der Waals surface area contributed by atoms with E-state index in [1.807, 2.05) is 0 Å². The molecule has 0 saturated heterocycles. The number of benzene rings is 1. The highest BCUT2D eigenvalue weighted by Gasteiger charge is 2.61. The first-order chi connectivity index (χ1) is 17.3. The van der Waals surface area contributed by atoms with Gasteiger partial charge >= 0.3 is 17.4 Å². The maximum Gasteiger partial charge on any atom is 0.328 e. The number of aromatic nitrogens is 2. The largest absolute Gasteiger partial charge is 0.714 e. The lowest BCUT2D eigenvalue weighted by molar-refractivity contribution is -0.539. The number of hydrogen-bond donors (Lipinski definition) is 1. The van der Waals surface area contributed by atoms with Crippen molar-refractivity contribution in [3.63, 3.8) is 0 Å². The molecule has 0 aliphatic carbocycles. The van der Waals surface area contributed by atoms with E-state index >= 15 is 0 Å². The van der Waals surface area contributed by atoms with E-state index in [9.17, 15) is 30.4 Å². The average Bonchev–Trinajstić information content (AvgIpc) is 3.01. The van der Waals surface area contributed by atoms with Crippen LogP contribution in [-0.4, -0.2) is 63.0 Å². The lowest BCUT2D eigenvalue weighted by Crippen LogP contribution is -2.53. The van der Waals surface area contributed by atoms with Gasteiger partial charge in [0.15, 0.2) is 11.1 Å². The second-order valence-electron chi connectivity index (χ2n) is 12.2. The van der Waals surface area contributed by atoms with Crippen LogP contribution in [0.1, 0.15) is 77.6 Å². The third kappa shape index (κ3) is 3.57. The average molecular weight is 527 g/mol. The fraction of sp³-hybridized carbons (Fsp3) is 0.538.